The molecule has 0 spiro atoms. The van der Waals surface area contributed by atoms with Crippen LogP contribution in [0.2, 0.25) is 0 Å². The number of piperazine rings is 1. The molecule has 1 unspecified atom stereocenters. The number of aryl methyl sites for hydroxylation is 1. The zero-order valence-electron chi connectivity index (χ0n) is 18.3. The largest absolute Gasteiger partial charge is 0.340 e. The molecule has 0 bridgehead atoms. The fourth-order valence-corrected chi connectivity index (χ4v) is 3.87. The Morgan fingerprint density at radius 1 is 1.03 bits per heavy atom. The molecule has 0 aromatic heterocycles. The van der Waals surface area contributed by atoms with Gasteiger partial charge in [0.2, 0.25) is 11.8 Å². The highest BCUT2D eigenvalue weighted by Gasteiger charge is 2.30. The summed E-state index contributed by atoms with van der Waals surface area (Å²) in [5, 5.41) is 9.00. The van der Waals surface area contributed by atoms with Gasteiger partial charge >= 0.3 is 0 Å². The Morgan fingerprint density at radius 3 is 2.29 bits per heavy atom. The highest BCUT2D eigenvalue weighted by atomic mass is 16.2. The Hall–Kier alpha value is -3.17. The molecule has 1 aliphatic heterocycles. The molecule has 162 valence electrons. The van der Waals surface area contributed by atoms with Gasteiger partial charge in [-0.2, -0.15) is 5.26 Å². The van der Waals surface area contributed by atoms with E-state index in [4.69, 9.17) is 5.26 Å². The normalized spacial score (nSPS) is 15.2. The van der Waals surface area contributed by atoms with Crippen LogP contribution >= 0.6 is 0 Å². The maximum absolute atomic E-state index is 13.2. The van der Waals surface area contributed by atoms with E-state index in [1.807, 2.05) is 73.3 Å². The van der Waals surface area contributed by atoms with Gasteiger partial charge in [0.05, 0.1) is 25.0 Å². The third kappa shape index (κ3) is 5.93. The molecule has 0 radical (unpaired) electrons. The van der Waals surface area contributed by atoms with Gasteiger partial charge in [-0.25, -0.2) is 0 Å². The molecule has 6 nitrogen and oxygen atoms in total. The van der Waals surface area contributed by atoms with Crippen LogP contribution in [-0.4, -0.2) is 60.4 Å². The van der Waals surface area contributed by atoms with Crippen molar-refractivity contribution in [3.8, 4) is 6.07 Å². The number of carbonyl (C=O) groups is 2. The van der Waals surface area contributed by atoms with Gasteiger partial charge in [-0.3, -0.25) is 14.5 Å². The molecule has 2 aromatic carbocycles. The molecule has 2 aromatic rings. The maximum atomic E-state index is 13.2. The SMILES string of the molecule is Cc1ccc(CC(=O)N2CCN(C(C)C(=O)N(CCC#N)c3ccccc3)CC2)cc1. The number of para-hydroxylation sites is 1. The molecule has 3 rings (SSSR count). The molecule has 2 amide bonds. The number of carbonyl (C=O) groups excluding carboxylic acids is 2. The number of hydrogen-bond donors (Lipinski definition) is 0. The Balaban J connectivity index is 1.57. The Bertz CT molecular complexity index is 913. The number of benzene rings is 2. The third-order valence-corrected chi connectivity index (χ3v) is 5.83. The molecule has 0 aliphatic carbocycles. The minimum atomic E-state index is -0.312. The predicted octanol–water partition coefficient (Wildman–Crippen LogP) is 3.02. The number of nitriles is 1. The van der Waals surface area contributed by atoms with Crippen LogP contribution in [0.5, 0.6) is 0 Å². The highest BCUT2D eigenvalue weighted by Crippen LogP contribution is 2.18. The summed E-state index contributed by atoms with van der Waals surface area (Å²) in [7, 11) is 0. The third-order valence-electron chi connectivity index (χ3n) is 5.83. The first kappa shape index (κ1) is 22.5. The minimum absolute atomic E-state index is 0.0131. The number of hydrogen-bond acceptors (Lipinski definition) is 4. The van der Waals surface area contributed by atoms with Gasteiger partial charge in [-0.05, 0) is 31.5 Å². The summed E-state index contributed by atoms with van der Waals surface area (Å²) in [6.07, 6.45) is 0.694. The van der Waals surface area contributed by atoms with Gasteiger partial charge in [0, 0.05) is 38.4 Å². The molecule has 1 fully saturated rings. The molecular formula is C25H30N4O2. The number of anilines is 1. The van der Waals surface area contributed by atoms with Crippen LogP contribution < -0.4 is 4.90 Å². The van der Waals surface area contributed by atoms with Gasteiger partial charge in [0.25, 0.3) is 0 Å². The lowest BCUT2D eigenvalue weighted by molar-refractivity contribution is -0.133. The van der Waals surface area contributed by atoms with E-state index in [-0.39, 0.29) is 24.3 Å². The second-order valence-corrected chi connectivity index (χ2v) is 7.99. The minimum Gasteiger partial charge on any atom is -0.340 e. The van der Waals surface area contributed by atoms with Crippen LogP contribution in [0.3, 0.4) is 0 Å². The molecule has 6 heteroatoms. The lowest BCUT2D eigenvalue weighted by atomic mass is 10.1. The van der Waals surface area contributed by atoms with Gasteiger partial charge < -0.3 is 9.80 Å². The summed E-state index contributed by atoms with van der Waals surface area (Å²) in [6.45, 7) is 6.87. The number of rotatable bonds is 7. The van der Waals surface area contributed by atoms with Gasteiger partial charge in [0.15, 0.2) is 0 Å². The highest BCUT2D eigenvalue weighted by molar-refractivity contribution is 5.97. The van der Waals surface area contributed by atoms with Crippen molar-refractivity contribution >= 4 is 17.5 Å². The fourth-order valence-electron chi connectivity index (χ4n) is 3.87. The van der Waals surface area contributed by atoms with Crippen molar-refractivity contribution in [2.24, 2.45) is 0 Å². The van der Waals surface area contributed by atoms with E-state index in [2.05, 4.69) is 11.0 Å². The van der Waals surface area contributed by atoms with Crippen molar-refractivity contribution < 1.29 is 9.59 Å². The first-order chi connectivity index (χ1) is 15.0. The van der Waals surface area contributed by atoms with E-state index in [0.717, 1.165) is 11.3 Å². The molecule has 1 heterocycles. The van der Waals surface area contributed by atoms with E-state index in [1.54, 1.807) is 4.90 Å². The second kappa shape index (κ2) is 10.7. The smallest absolute Gasteiger partial charge is 0.244 e. The van der Waals surface area contributed by atoms with Crippen LogP contribution in [0.1, 0.15) is 24.5 Å². The molecule has 1 atom stereocenters. The summed E-state index contributed by atoms with van der Waals surface area (Å²) >= 11 is 0. The molecule has 1 aliphatic rings. The molecular weight excluding hydrogens is 388 g/mol. The lowest BCUT2D eigenvalue weighted by Gasteiger charge is -2.39. The number of amides is 2. The summed E-state index contributed by atoms with van der Waals surface area (Å²) < 4.78 is 0. The fraction of sp³-hybridized carbons (Fsp3) is 0.400. The van der Waals surface area contributed by atoms with Crippen LogP contribution in [0.25, 0.3) is 0 Å². The monoisotopic (exact) mass is 418 g/mol. The average molecular weight is 419 g/mol. The van der Waals surface area contributed by atoms with E-state index in [9.17, 15) is 9.59 Å². The Labute approximate surface area is 184 Å². The van der Waals surface area contributed by atoms with E-state index in [0.29, 0.717) is 39.1 Å². The molecule has 0 saturated carbocycles. The topological polar surface area (TPSA) is 67.7 Å². The summed E-state index contributed by atoms with van der Waals surface area (Å²) in [4.78, 5) is 31.6. The zero-order valence-corrected chi connectivity index (χ0v) is 18.3. The standard InChI is InChI=1S/C25H30N4O2/c1-20-9-11-22(12-10-20)19-24(30)28-17-15-27(16-18-28)21(2)25(31)29(14-6-13-26)23-7-4-3-5-8-23/h3-5,7-12,21H,6,14-19H2,1-2H3. The van der Waals surface area contributed by atoms with Gasteiger partial charge in [-0.1, -0.05) is 48.0 Å². The van der Waals surface area contributed by atoms with Crippen molar-refractivity contribution in [2.75, 3.05) is 37.6 Å². The molecule has 31 heavy (non-hydrogen) atoms. The van der Waals surface area contributed by atoms with Crippen LogP contribution in [-0.2, 0) is 16.0 Å². The summed E-state index contributed by atoms with van der Waals surface area (Å²) in [6, 6.07) is 19.4. The van der Waals surface area contributed by atoms with Gasteiger partial charge in [0.1, 0.15) is 0 Å². The van der Waals surface area contributed by atoms with Crippen molar-refractivity contribution in [1.29, 1.82) is 5.26 Å². The maximum Gasteiger partial charge on any atom is 0.244 e. The van der Waals surface area contributed by atoms with Crippen molar-refractivity contribution in [1.82, 2.24) is 9.80 Å². The van der Waals surface area contributed by atoms with E-state index >= 15 is 0 Å². The van der Waals surface area contributed by atoms with Crippen molar-refractivity contribution in [2.45, 2.75) is 32.7 Å². The Kier molecular flexibility index (Phi) is 7.80. The first-order valence-corrected chi connectivity index (χ1v) is 10.8. The van der Waals surface area contributed by atoms with Gasteiger partial charge in [-0.15, -0.1) is 0 Å². The van der Waals surface area contributed by atoms with Crippen LogP contribution in [0.4, 0.5) is 5.69 Å². The molecule has 1 saturated heterocycles. The predicted molar refractivity (Wildman–Crippen MR) is 122 cm³/mol. The first-order valence-electron chi connectivity index (χ1n) is 10.8. The average Bonchev–Trinajstić information content (AvgIpc) is 2.81. The zero-order chi connectivity index (χ0) is 22.2. The van der Waals surface area contributed by atoms with E-state index < -0.39 is 0 Å². The lowest BCUT2D eigenvalue weighted by Crippen LogP contribution is -2.56. The van der Waals surface area contributed by atoms with Crippen LogP contribution in [0, 0.1) is 18.3 Å². The molecule has 0 N–H and O–H groups in total. The quantitative estimate of drug-likeness (QED) is 0.693. The summed E-state index contributed by atoms with van der Waals surface area (Å²) in [5.74, 6) is 0.114. The van der Waals surface area contributed by atoms with Crippen molar-refractivity contribution in [3.63, 3.8) is 0 Å². The van der Waals surface area contributed by atoms with E-state index in [1.165, 1.54) is 5.56 Å². The summed E-state index contributed by atoms with van der Waals surface area (Å²) in [5.41, 5.74) is 3.02. The number of nitrogens with zero attached hydrogens (tertiary/aromatic N) is 4. The van der Waals surface area contributed by atoms with Crippen LogP contribution in [0.15, 0.2) is 54.6 Å². The Morgan fingerprint density at radius 2 is 1.68 bits per heavy atom. The van der Waals surface area contributed by atoms with Crippen molar-refractivity contribution in [3.05, 3.63) is 65.7 Å². The second-order valence-electron chi connectivity index (χ2n) is 7.99.